The van der Waals surface area contributed by atoms with Crippen LogP contribution in [0.15, 0.2) is 12.1 Å². The van der Waals surface area contributed by atoms with Gasteiger partial charge in [0.15, 0.2) is 0 Å². The maximum atomic E-state index is 10.4. The third-order valence-electron chi connectivity index (χ3n) is 5.78. The van der Waals surface area contributed by atoms with Gasteiger partial charge in [-0.3, -0.25) is 4.98 Å². The number of hydrogen-bond acceptors (Lipinski definition) is 4. The summed E-state index contributed by atoms with van der Waals surface area (Å²) in [6, 6.07) is 4.53. The first kappa shape index (κ1) is 16.6. The normalized spacial score (nSPS) is 18.8. The molecular formula is C21H29N3O. The Bertz CT molecular complexity index is 766. The Hall–Kier alpha value is -1.81. The number of pyridine rings is 1. The van der Waals surface area contributed by atoms with Crippen LogP contribution in [0.5, 0.6) is 5.75 Å². The van der Waals surface area contributed by atoms with Crippen molar-refractivity contribution < 1.29 is 5.11 Å². The van der Waals surface area contributed by atoms with Gasteiger partial charge in [0.1, 0.15) is 5.75 Å². The zero-order chi connectivity index (χ0) is 17.2. The minimum atomic E-state index is 0.402. The van der Waals surface area contributed by atoms with Crippen LogP contribution in [-0.4, -0.2) is 29.2 Å². The third-order valence-corrected chi connectivity index (χ3v) is 5.78. The quantitative estimate of drug-likeness (QED) is 0.742. The number of hydrogen-bond donors (Lipinski definition) is 3. The summed E-state index contributed by atoms with van der Waals surface area (Å²) in [6.45, 7) is 4.24. The zero-order valence-corrected chi connectivity index (χ0v) is 15.2. The first-order chi connectivity index (χ1) is 12.3. The first-order valence-corrected chi connectivity index (χ1v) is 9.91. The Morgan fingerprint density at radius 3 is 2.76 bits per heavy atom. The summed E-state index contributed by atoms with van der Waals surface area (Å²) in [7, 11) is 0. The van der Waals surface area contributed by atoms with Gasteiger partial charge in [-0.2, -0.15) is 0 Å². The van der Waals surface area contributed by atoms with Crippen LogP contribution >= 0.6 is 0 Å². The Morgan fingerprint density at radius 1 is 1.16 bits per heavy atom. The van der Waals surface area contributed by atoms with Crippen LogP contribution in [0.4, 0.5) is 5.69 Å². The molecule has 0 saturated carbocycles. The van der Waals surface area contributed by atoms with E-state index in [1.165, 1.54) is 36.2 Å². The van der Waals surface area contributed by atoms with Crippen molar-refractivity contribution >= 4 is 16.6 Å². The van der Waals surface area contributed by atoms with Gasteiger partial charge in [-0.15, -0.1) is 0 Å². The van der Waals surface area contributed by atoms with E-state index >= 15 is 0 Å². The standard InChI is InChI=1S/C21H29N3O/c1-2-14-12-19-17(13-20(14)25)21(23-15-8-10-22-11-9-15)16-6-4-3-5-7-18(16)24-19/h12-13,15,22,25H,2-11H2,1H3,(H,23,24). The van der Waals surface area contributed by atoms with Gasteiger partial charge in [0.25, 0.3) is 0 Å². The van der Waals surface area contributed by atoms with E-state index in [1.807, 2.05) is 6.07 Å². The molecule has 4 nitrogen and oxygen atoms in total. The molecule has 1 aromatic carbocycles. The summed E-state index contributed by atoms with van der Waals surface area (Å²) in [5.74, 6) is 0.402. The fraction of sp³-hybridized carbons (Fsp3) is 0.571. The first-order valence-electron chi connectivity index (χ1n) is 9.91. The number of anilines is 1. The minimum Gasteiger partial charge on any atom is -0.508 e. The SMILES string of the molecule is CCc1cc2nc3c(c(NC4CCNCC4)c2cc1O)CCCCC3. The molecule has 0 atom stereocenters. The topological polar surface area (TPSA) is 57.2 Å². The second-order valence-corrected chi connectivity index (χ2v) is 7.49. The number of phenolic OH excluding ortho intramolecular Hbond substituents is 1. The molecule has 2 heterocycles. The number of nitrogens with one attached hydrogen (secondary N) is 2. The predicted molar refractivity (Wildman–Crippen MR) is 104 cm³/mol. The Balaban J connectivity index is 1.85. The van der Waals surface area contributed by atoms with Crippen LogP contribution in [0.2, 0.25) is 0 Å². The summed E-state index contributed by atoms with van der Waals surface area (Å²) in [5.41, 5.74) is 5.93. The summed E-state index contributed by atoms with van der Waals surface area (Å²) in [4.78, 5) is 5.02. The summed E-state index contributed by atoms with van der Waals surface area (Å²) < 4.78 is 0. The number of aryl methyl sites for hydroxylation is 2. The van der Waals surface area contributed by atoms with Crippen LogP contribution in [0.25, 0.3) is 10.9 Å². The predicted octanol–water partition coefficient (Wildman–Crippen LogP) is 3.94. The van der Waals surface area contributed by atoms with E-state index < -0.39 is 0 Å². The van der Waals surface area contributed by atoms with Crippen LogP contribution in [0.1, 0.15) is 55.8 Å². The van der Waals surface area contributed by atoms with Gasteiger partial charge in [-0.25, -0.2) is 0 Å². The van der Waals surface area contributed by atoms with Crippen LogP contribution in [0.3, 0.4) is 0 Å². The van der Waals surface area contributed by atoms with E-state index in [1.54, 1.807) is 0 Å². The highest BCUT2D eigenvalue weighted by atomic mass is 16.3. The number of benzene rings is 1. The molecule has 0 unspecified atom stereocenters. The van der Waals surface area contributed by atoms with Gasteiger partial charge < -0.3 is 15.7 Å². The van der Waals surface area contributed by atoms with Crippen molar-refractivity contribution in [2.24, 2.45) is 0 Å². The van der Waals surface area contributed by atoms with Gasteiger partial charge in [-0.05, 0) is 81.3 Å². The second-order valence-electron chi connectivity index (χ2n) is 7.49. The number of phenols is 1. The van der Waals surface area contributed by atoms with Crippen LogP contribution < -0.4 is 10.6 Å². The molecule has 0 spiro atoms. The van der Waals surface area contributed by atoms with Crippen LogP contribution in [-0.2, 0) is 19.3 Å². The molecule has 1 fully saturated rings. The average molecular weight is 339 g/mol. The molecule has 3 N–H and O–H groups in total. The number of aromatic hydroxyl groups is 1. The van der Waals surface area contributed by atoms with Crippen molar-refractivity contribution in [2.45, 2.75) is 64.3 Å². The molecule has 0 radical (unpaired) electrons. The molecule has 1 saturated heterocycles. The Morgan fingerprint density at radius 2 is 1.96 bits per heavy atom. The van der Waals surface area contributed by atoms with E-state index in [9.17, 15) is 5.11 Å². The second kappa shape index (κ2) is 7.20. The zero-order valence-electron chi connectivity index (χ0n) is 15.2. The van der Waals surface area contributed by atoms with E-state index in [4.69, 9.17) is 4.98 Å². The van der Waals surface area contributed by atoms with Gasteiger partial charge in [-0.1, -0.05) is 13.3 Å². The third kappa shape index (κ3) is 3.32. The van der Waals surface area contributed by atoms with Crippen molar-refractivity contribution in [3.05, 3.63) is 29.0 Å². The lowest BCUT2D eigenvalue weighted by molar-refractivity contribution is 0.469. The van der Waals surface area contributed by atoms with Crippen molar-refractivity contribution in [1.82, 2.24) is 10.3 Å². The molecule has 25 heavy (non-hydrogen) atoms. The molecule has 1 aromatic heterocycles. The number of nitrogens with zero attached hydrogens (tertiary/aromatic N) is 1. The average Bonchev–Trinajstić information content (AvgIpc) is 2.88. The molecule has 4 heteroatoms. The van der Waals surface area contributed by atoms with Crippen molar-refractivity contribution in [2.75, 3.05) is 18.4 Å². The summed E-state index contributed by atoms with van der Waals surface area (Å²) in [6.07, 6.45) is 9.06. The highest BCUT2D eigenvalue weighted by Gasteiger charge is 2.21. The fourth-order valence-corrected chi connectivity index (χ4v) is 4.30. The lowest BCUT2D eigenvalue weighted by atomic mass is 9.98. The summed E-state index contributed by atoms with van der Waals surface area (Å²) >= 11 is 0. The highest BCUT2D eigenvalue weighted by Crippen LogP contribution is 2.36. The minimum absolute atomic E-state index is 0.402. The smallest absolute Gasteiger partial charge is 0.119 e. The van der Waals surface area contributed by atoms with Gasteiger partial charge >= 0.3 is 0 Å². The molecule has 2 aliphatic rings. The molecule has 1 aliphatic carbocycles. The molecule has 1 aliphatic heterocycles. The summed E-state index contributed by atoms with van der Waals surface area (Å²) in [5, 5.41) is 18.8. The van der Waals surface area contributed by atoms with E-state index in [0.29, 0.717) is 11.8 Å². The largest absolute Gasteiger partial charge is 0.508 e. The molecule has 2 aromatic rings. The highest BCUT2D eigenvalue weighted by molar-refractivity contribution is 5.95. The van der Waals surface area contributed by atoms with Crippen molar-refractivity contribution in [3.8, 4) is 5.75 Å². The van der Waals surface area contributed by atoms with E-state index in [0.717, 1.165) is 61.7 Å². The van der Waals surface area contributed by atoms with Crippen LogP contribution in [0, 0.1) is 0 Å². The number of rotatable bonds is 3. The van der Waals surface area contributed by atoms with Gasteiger partial charge in [0.05, 0.1) is 5.52 Å². The maximum Gasteiger partial charge on any atom is 0.119 e. The van der Waals surface area contributed by atoms with Gasteiger partial charge in [0, 0.05) is 22.8 Å². The van der Waals surface area contributed by atoms with Crippen molar-refractivity contribution in [3.63, 3.8) is 0 Å². The molecule has 0 bridgehead atoms. The molecule has 134 valence electrons. The number of piperidine rings is 1. The van der Waals surface area contributed by atoms with Crippen molar-refractivity contribution in [1.29, 1.82) is 0 Å². The molecule has 0 amide bonds. The Labute approximate surface area is 150 Å². The lowest BCUT2D eigenvalue weighted by Crippen LogP contribution is -2.35. The lowest BCUT2D eigenvalue weighted by Gasteiger charge is -2.27. The maximum absolute atomic E-state index is 10.4. The molecular weight excluding hydrogens is 310 g/mol. The van der Waals surface area contributed by atoms with Gasteiger partial charge in [0.2, 0.25) is 0 Å². The number of aromatic nitrogens is 1. The van der Waals surface area contributed by atoms with E-state index in [-0.39, 0.29) is 0 Å². The number of fused-ring (bicyclic) bond motifs is 2. The monoisotopic (exact) mass is 339 g/mol. The van der Waals surface area contributed by atoms with E-state index in [2.05, 4.69) is 23.6 Å². The Kier molecular flexibility index (Phi) is 4.80. The molecule has 4 rings (SSSR count). The fourth-order valence-electron chi connectivity index (χ4n) is 4.30.